The van der Waals surface area contributed by atoms with Crippen LogP contribution in [-0.2, 0) is 4.79 Å². The zero-order valence-electron chi connectivity index (χ0n) is 10.9. The maximum Gasteiger partial charge on any atom is 0.323 e. The molecule has 1 atom stereocenters. The summed E-state index contributed by atoms with van der Waals surface area (Å²) in [6.45, 7) is 3.94. The van der Waals surface area contributed by atoms with Crippen molar-refractivity contribution in [3.8, 4) is 5.75 Å². The minimum Gasteiger partial charge on any atom is -0.493 e. The van der Waals surface area contributed by atoms with E-state index in [1.165, 1.54) is 6.07 Å². The van der Waals surface area contributed by atoms with Crippen molar-refractivity contribution in [2.75, 3.05) is 13.2 Å². The van der Waals surface area contributed by atoms with Gasteiger partial charge in [0, 0.05) is 12.5 Å². The molecule has 4 nitrogen and oxygen atoms in total. The Labute approximate surface area is 110 Å². The molecule has 0 bridgehead atoms. The smallest absolute Gasteiger partial charge is 0.323 e. The van der Waals surface area contributed by atoms with Crippen molar-refractivity contribution in [2.45, 2.75) is 25.8 Å². The van der Waals surface area contributed by atoms with Gasteiger partial charge in [-0.3, -0.25) is 4.79 Å². The number of carbonyl (C=O) groups is 1. The molecule has 0 aromatic heterocycles. The molecule has 2 N–H and O–H groups in total. The Morgan fingerprint density at radius 3 is 2.63 bits per heavy atom. The Hall–Kier alpha value is -1.69. The standard InChI is InChI=1S/C13H17F2NO3/c1-3-16-13(2,12(17)18)6-7-19-9-4-5-10(14)11(15)8-9/h4-5,8,16H,3,6-7H2,1-2H3,(H,17,18). The lowest BCUT2D eigenvalue weighted by Crippen LogP contribution is -2.50. The molecular weight excluding hydrogens is 256 g/mol. The van der Waals surface area contributed by atoms with Crippen molar-refractivity contribution in [1.29, 1.82) is 0 Å². The number of hydrogen-bond donors (Lipinski definition) is 2. The van der Waals surface area contributed by atoms with E-state index >= 15 is 0 Å². The van der Waals surface area contributed by atoms with E-state index in [1.54, 1.807) is 13.8 Å². The van der Waals surface area contributed by atoms with Crippen LogP contribution in [0.25, 0.3) is 0 Å². The average molecular weight is 273 g/mol. The summed E-state index contributed by atoms with van der Waals surface area (Å²) in [7, 11) is 0. The maximum absolute atomic E-state index is 12.9. The number of likely N-dealkylation sites (N-methyl/N-ethyl adjacent to an activating group) is 1. The first-order valence-electron chi connectivity index (χ1n) is 5.95. The lowest BCUT2D eigenvalue weighted by atomic mass is 9.98. The van der Waals surface area contributed by atoms with E-state index in [4.69, 9.17) is 9.84 Å². The van der Waals surface area contributed by atoms with Gasteiger partial charge in [-0.25, -0.2) is 8.78 Å². The molecule has 0 radical (unpaired) electrons. The molecule has 0 aliphatic carbocycles. The molecular formula is C13H17F2NO3. The molecule has 1 unspecified atom stereocenters. The summed E-state index contributed by atoms with van der Waals surface area (Å²) in [6, 6.07) is 3.19. The van der Waals surface area contributed by atoms with Gasteiger partial charge in [-0.05, 0) is 25.6 Å². The number of nitrogens with one attached hydrogen (secondary N) is 1. The maximum atomic E-state index is 12.9. The van der Waals surface area contributed by atoms with Crippen molar-refractivity contribution in [2.24, 2.45) is 0 Å². The largest absolute Gasteiger partial charge is 0.493 e. The summed E-state index contributed by atoms with van der Waals surface area (Å²) in [5, 5.41) is 12.0. The molecule has 0 saturated carbocycles. The first-order chi connectivity index (χ1) is 8.89. The van der Waals surface area contributed by atoms with Crippen LogP contribution in [-0.4, -0.2) is 29.8 Å². The fraction of sp³-hybridized carbons (Fsp3) is 0.462. The second-order valence-corrected chi connectivity index (χ2v) is 4.34. The quantitative estimate of drug-likeness (QED) is 0.799. The SMILES string of the molecule is CCNC(C)(CCOc1ccc(F)c(F)c1)C(=O)O. The van der Waals surface area contributed by atoms with Crippen LogP contribution in [0.4, 0.5) is 8.78 Å². The highest BCUT2D eigenvalue weighted by Crippen LogP contribution is 2.17. The van der Waals surface area contributed by atoms with Gasteiger partial charge in [0.25, 0.3) is 0 Å². The van der Waals surface area contributed by atoms with Crippen LogP contribution in [0.2, 0.25) is 0 Å². The van der Waals surface area contributed by atoms with E-state index in [2.05, 4.69) is 5.32 Å². The minimum atomic E-state index is -1.10. The summed E-state index contributed by atoms with van der Waals surface area (Å²) in [5.41, 5.74) is -1.10. The summed E-state index contributed by atoms with van der Waals surface area (Å²) in [4.78, 5) is 11.1. The van der Waals surface area contributed by atoms with Crippen LogP contribution in [0.3, 0.4) is 0 Å². The van der Waals surface area contributed by atoms with Crippen LogP contribution in [0.1, 0.15) is 20.3 Å². The molecule has 0 saturated heterocycles. The van der Waals surface area contributed by atoms with Crippen LogP contribution in [0, 0.1) is 11.6 Å². The fourth-order valence-corrected chi connectivity index (χ4v) is 1.60. The zero-order chi connectivity index (χ0) is 14.5. The zero-order valence-corrected chi connectivity index (χ0v) is 10.9. The number of rotatable bonds is 7. The monoisotopic (exact) mass is 273 g/mol. The first kappa shape index (κ1) is 15.4. The predicted octanol–water partition coefficient (Wildman–Crippen LogP) is 2.19. The van der Waals surface area contributed by atoms with Crippen LogP contribution in [0.5, 0.6) is 5.75 Å². The highest BCUT2D eigenvalue weighted by Gasteiger charge is 2.31. The lowest BCUT2D eigenvalue weighted by molar-refractivity contribution is -0.144. The molecule has 0 aliphatic heterocycles. The van der Waals surface area contributed by atoms with E-state index in [9.17, 15) is 13.6 Å². The van der Waals surface area contributed by atoms with Gasteiger partial charge in [-0.2, -0.15) is 0 Å². The van der Waals surface area contributed by atoms with Crippen LogP contribution in [0.15, 0.2) is 18.2 Å². The topological polar surface area (TPSA) is 58.6 Å². The summed E-state index contributed by atoms with van der Waals surface area (Å²) < 4.78 is 30.9. The third kappa shape index (κ3) is 4.17. The van der Waals surface area contributed by atoms with Crippen LogP contribution < -0.4 is 10.1 Å². The molecule has 1 rings (SSSR count). The van der Waals surface area contributed by atoms with Gasteiger partial charge >= 0.3 is 5.97 Å². The Balaban J connectivity index is 2.57. The van der Waals surface area contributed by atoms with E-state index < -0.39 is 23.1 Å². The molecule has 1 aromatic carbocycles. The number of carboxylic acids is 1. The molecule has 19 heavy (non-hydrogen) atoms. The van der Waals surface area contributed by atoms with Crippen molar-refractivity contribution >= 4 is 5.97 Å². The molecule has 0 spiro atoms. The van der Waals surface area contributed by atoms with Crippen molar-refractivity contribution in [1.82, 2.24) is 5.32 Å². The minimum absolute atomic E-state index is 0.0842. The molecule has 0 heterocycles. The van der Waals surface area contributed by atoms with Gasteiger partial charge in [-0.1, -0.05) is 6.92 Å². The number of halogens is 2. The van der Waals surface area contributed by atoms with Gasteiger partial charge in [0.05, 0.1) is 6.61 Å². The first-order valence-corrected chi connectivity index (χ1v) is 5.95. The summed E-state index contributed by atoms with van der Waals surface area (Å²) >= 11 is 0. The van der Waals surface area contributed by atoms with E-state index in [1.807, 2.05) is 0 Å². The van der Waals surface area contributed by atoms with E-state index in [0.717, 1.165) is 12.1 Å². The number of benzene rings is 1. The molecule has 0 fully saturated rings. The number of carboxylic acid groups (broad SMARTS) is 1. The lowest BCUT2D eigenvalue weighted by Gasteiger charge is -2.25. The number of hydrogen-bond acceptors (Lipinski definition) is 3. The molecule has 0 aliphatic rings. The predicted molar refractivity (Wildman–Crippen MR) is 66.2 cm³/mol. The molecule has 6 heteroatoms. The summed E-state index contributed by atoms with van der Waals surface area (Å²) in [6.07, 6.45) is 0.204. The van der Waals surface area contributed by atoms with Gasteiger partial charge in [0.15, 0.2) is 11.6 Å². The molecule has 1 aromatic rings. The van der Waals surface area contributed by atoms with Gasteiger partial charge in [-0.15, -0.1) is 0 Å². The van der Waals surface area contributed by atoms with E-state index in [0.29, 0.717) is 6.54 Å². The Bertz CT molecular complexity index is 454. The van der Waals surface area contributed by atoms with Gasteiger partial charge < -0.3 is 15.2 Å². The van der Waals surface area contributed by atoms with Gasteiger partial charge in [0.1, 0.15) is 11.3 Å². The van der Waals surface area contributed by atoms with E-state index in [-0.39, 0.29) is 18.8 Å². The van der Waals surface area contributed by atoms with Gasteiger partial charge in [0.2, 0.25) is 0 Å². The third-order valence-corrected chi connectivity index (χ3v) is 2.80. The summed E-state index contributed by atoms with van der Waals surface area (Å²) in [5.74, 6) is -2.76. The Kier molecular flexibility index (Phi) is 5.23. The van der Waals surface area contributed by atoms with Crippen molar-refractivity contribution in [3.63, 3.8) is 0 Å². The van der Waals surface area contributed by atoms with Crippen molar-refractivity contribution in [3.05, 3.63) is 29.8 Å². The fourth-order valence-electron chi connectivity index (χ4n) is 1.60. The van der Waals surface area contributed by atoms with Crippen molar-refractivity contribution < 1.29 is 23.4 Å². The Morgan fingerprint density at radius 1 is 1.42 bits per heavy atom. The Morgan fingerprint density at radius 2 is 2.11 bits per heavy atom. The second kappa shape index (κ2) is 6.47. The highest BCUT2D eigenvalue weighted by atomic mass is 19.2. The number of ether oxygens (including phenoxy) is 1. The normalized spacial score (nSPS) is 13.9. The second-order valence-electron chi connectivity index (χ2n) is 4.34. The highest BCUT2D eigenvalue weighted by molar-refractivity contribution is 5.78. The average Bonchev–Trinajstić information content (AvgIpc) is 2.34. The number of aliphatic carboxylic acids is 1. The third-order valence-electron chi connectivity index (χ3n) is 2.80. The molecule has 0 amide bonds. The van der Waals surface area contributed by atoms with Crippen LogP contribution >= 0.6 is 0 Å². The molecule has 106 valence electrons.